The first-order valence-electron chi connectivity index (χ1n) is 8.23. The Morgan fingerprint density at radius 2 is 1.59 bits per heavy atom. The highest BCUT2D eigenvalue weighted by atomic mass is 19.1. The molecule has 0 radical (unpaired) electrons. The van der Waals surface area contributed by atoms with Crippen LogP contribution in [0.1, 0.15) is 44.1 Å². The quantitative estimate of drug-likeness (QED) is 0.718. The zero-order valence-electron chi connectivity index (χ0n) is 13.1. The van der Waals surface area contributed by atoms with Gasteiger partial charge in [-0.15, -0.1) is 0 Å². The Morgan fingerprint density at radius 3 is 2.14 bits per heavy atom. The summed E-state index contributed by atoms with van der Waals surface area (Å²) in [5.41, 5.74) is 3.53. The van der Waals surface area contributed by atoms with Crippen molar-refractivity contribution in [3.05, 3.63) is 59.9 Å². The molecule has 0 saturated carbocycles. The molecule has 116 valence electrons. The molecule has 2 unspecified atom stereocenters. The molecule has 1 aliphatic rings. The van der Waals surface area contributed by atoms with Gasteiger partial charge in [-0.1, -0.05) is 49.7 Å². The number of halogens is 1. The molecule has 2 heteroatoms. The number of hydrogen-bond acceptors (Lipinski definition) is 1. The predicted octanol–water partition coefficient (Wildman–Crippen LogP) is 5.56. The SMILES string of the molecule is CCCC1CCC(c2ccc(-c3ccc(F)cc3)cc2)CO1. The van der Waals surface area contributed by atoms with Crippen molar-refractivity contribution < 1.29 is 9.13 Å². The molecule has 3 rings (SSSR count). The third kappa shape index (κ3) is 3.56. The molecule has 1 nitrogen and oxygen atoms in total. The van der Waals surface area contributed by atoms with Gasteiger partial charge >= 0.3 is 0 Å². The first kappa shape index (κ1) is 15.2. The van der Waals surface area contributed by atoms with Crippen LogP contribution in [-0.2, 0) is 4.74 Å². The Bertz CT molecular complexity index is 580. The molecule has 0 aliphatic carbocycles. The van der Waals surface area contributed by atoms with Crippen LogP contribution in [0.4, 0.5) is 4.39 Å². The van der Waals surface area contributed by atoms with Crippen molar-refractivity contribution >= 4 is 0 Å². The first-order chi connectivity index (χ1) is 10.8. The van der Waals surface area contributed by atoms with Gasteiger partial charge in [0.25, 0.3) is 0 Å². The minimum atomic E-state index is -0.193. The molecule has 0 spiro atoms. The Kier molecular flexibility index (Phi) is 4.89. The Hall–Kier alpha value is -1.67. The molecule has 1 heterocycles. The fraction of sp³-hybridized carbons (Fsp3) is 0.400. The molecular formula is C20H23FO. The third-order valence-corrected chi connectivity index (χ3v) is 4.54. The maximum absolute atomic E-state index is 13.0. The van der Waals surface area contributed by atoms with Gasteiger partial charge in [-0.2, -0.15) is 0 Å². The second-order valence-electron chi connectivity index (χ2n) is 6.15. The molecular weight excluding hydrogens is 275 g/mol. The van der Waals surface area contributed by atoms with Crippen molar-refractivity contribution in [1.29, 1.82) is 0 Å². The van der Waals surface area contributed by atoms with Gasteiger partial charge in [0.2, 0.25) is 0 Å². The van der Waals surface area contributed by atoms with Crippen molar-refractivity contribution in [3.63, 3.8) is 0 Å². The van der Waals surface area contributed by atoms with Crippen LogP contribution in [0.3, 0.4) is 0 Å². The van der Waals surface area contributed by atoms with Crippen LogP contribution in [0.15, 0.2) is 48.5 Å². The largest absolute Gasteiger partial charge is 0.378 e. The first-order valence-corrected chi connectivity index (χ1v) is 8.23. The minimum Gasteiger partial charge on any atom is -0.378 e. The average Bonchev–Trinajstić information content (AvgIpc) is 2.57. The van der Waals surface area contributed by atoms with Gasteiger partial charge in [0.05, 0.1) is 12.7 Å². The van der Waals surface area contributed by atoms with E-state index in [-0.39, 0.29) is 5.82 Å². The lowest BCUT2D eigenvalue weighted by Crippen LogP contribution is -2.24. The Labute approximate surface area is 132 Å². The summed E-state index contributed by atoms with van der Waals surface area (Å²) in [6, 6.07) is 15.3. The normalized spacial score (nSPS) is 21.7. The third-order valence-electron chi connectivity index (χ3n) is 4.54. The summed E-state index contributed by atoms with van der Waals surface area (Å²) >= 11 is 0. The molecule has 1 fully saturated rings. The van der Waals surface area contributed by atoms with Crippen molar-refractivity contribution in [1.82, 2.24) is 0 Å². The second-order valence-corrected chi connectivity index (χ2v) is 6.15. The van der Waals surface area contributed by atoms with E-state index in [1.165, 1.54) is 37.0 Å². The van der Waals surface area contributed by atoms with Crippen LogP contribution >= 0.6 is 0 Å². The summed E-state index contributed by atoms with van der Waals surface area (Å²) in [5.74, 6) is 0.316. The number of rotatable bonds is 4. The van der Waals surface area contributed by atoms with Crippen LogP contribution in [0.5, 0.6) is 0 Å². The van der Waals surface area contributed by atoms with E-state index in [2.05, 4.69) is 31.2 Å². The standard InChI is InChI=1S/C20H23FO/c1-2-3-20-13-10-18(14-22-20)17-6-4-15(5-7-17)16-8-11-19(21)12-9-16/h4-9,11-12,18,20H,2-3,10,13-14H2,1H3. The zero-order valence-corrected chi connectivity index (χ0v) is 13.1. The van der Waals surface area contributed by atoms with Crippen LogP contribution in [0.25, 0.3) is 11.1 Å². The van der Waals surface area contributed by atoms with Crippen LogP contribution in [0, 0.1) is 5.82 Å². The molecule has 0 aromatic heterocycles. The molecule has 0 bridgehead atoms. The van der Waals surface area contributed by atoms with Crippen molar-refractivity contribution in [2.75, 3.05) is 6.61 Å². The molecule has 1 saturated heterocycles. The predicted molar refractivity (Wildman–Crippen MR) is 88.5 cm³/mol. The second kappa shape index (κ2) is 7.06. The summed E-state index contributed by atoms with van der Waals surface area (Å²) in [6.07, 6.45) is 5.20. The van der Waals surface area contributed by atoms with E-state index < -0.39 is 0 Å². The summed E-state index contributed by atoms with van der Waals surface area (Å²) in [5, 5.41) is 0. The van der Waals surface area contributed by atoms with Gasteiger partial charge in [-0.25, -0.2) is 4.39 Å². The monoisotopic (exact) mass is 298 g/mol. The Morgan fingerprint density at radius 1 is 0.955 bits per heavy atom. The molecule has 0 N–H and O–H groups in total. The lowest BCUT2D eigenvalue weighted by atomic mass is 9.89. The van der Waals surface area contributed by atoms with Crippen LogP contribution < -0.4 is 0 Å². The van der Waals surface area contributed by atoms with Crippen molar-refractivity contribution in [2.45, 2.75) is 44.6 Å². The maximum Gasteiger partial charge on any atom is 0.123 e. The Balaban J connectivity index is 1.66. The smallest absolute Gasteiger partial charge is 0.123 e. The van der Waals surface area contributed by atoms with Crippen molar-refractivity contribution in [2.24, 2.45) is 0 Å². The van der Waals surface area contributed by atoms with E-state index in [1.807, 2.05) is 12.1 Å². The number of benzene rings is 2. The maximum atomic E-state index is 13.0. The van der Waals surface area contributed by atoms with E-state index in [4.69, 9.17) is 4.74 Å². The number of ether oxygens (including phenoxy) is 1. The molecule has 22 heavy (non-hydrogen) atoms. The van der Waals surface area contributed by atoms with Crippen molar-refractivity contribution in [3.8, 4) is 11.1 Å². The lowest BCUT2D eigenvalue weighted by Gasteiger charge is -2.29. The highest BCUT2D eigenvalue weighted by molar-refractivity contribution is 5.63. The summed E-state index contributed by atoms with van der Waals surface area (Å²) < 4.78 is 19.0. The van der Waals surface area contributed by atoms with E-state index in [0.717, 1.165) is 24.2 Å². The number of hydrogen-bond donors (Lipinski definition) is 0. The van der Waals surface area contributed by atoms with Gasteiger partial charge < -0.3 is 4.74 Å². The van der Waals surface area contributed by atoms with Gasteiger partial charge in [0.15, 0.2) is 0 Å². The van der Waals surface area contributed by atoms with E-state index in [0.29, 0.717) is 12.0 Å². The lowest BCUT2D eigenvalue weighted by molar-refractivity contribution is -0.00111. The van der Waals surface area contributed by atoms with E-state index >= 15 is 0 Å². The molecule has 1 aliphatic heterocycles. The van der Waals surface area contributed by atoms with E-state index in [1.54, 1.807) is 0 Å². The van der Waals surface area contributed by atoms with Crippen LogP contribution in [0.2, 0.25) is 0 Å². The fourth-order valence-corrected chi connectivity index (χ4v) is 3.21. The van der Waals surface area contributed by atoms with Gasteiger partial charge in [0, 0.05) is 5.92 Å². The van der Waals surface area contributed by atoms with Gasteiger partial charge in [-0.3, -0.25) is 0 Å². The highest BCUT2D eigenvalue weighted by Crippen LogP contribution is 2.31. The van der Waals surface area contributed by atoms with E-state index in [9.17, 15) is 4.39 Å². The summed E-state index contributed by atoms with van der Waals surface area (Å²) in [7, 11) is 0. The summed E-state index contributed by atoms with van der Waals surface area (Å²) in [4.78, 5) is 0. The van der Waals surface area contributed by atoms with Crippen LogP contribution in [-0.4, -0.2) is 12.7 Å². The van der Waals surface area contributed by atoms with Gasteiger partial charge in [-0.05, 0) is 48.1 Å². The highest BCUT2D eigenvalue weighted by Gasteiger charge is 2.22. The fourth-order valence-electron chi connectivity index (χ4n) is 3.21. The molecule has 0 amide bonds. The van der Waals surface area contributed by atoms with Gasteiger partial charge in [0.1, 0.15) is 5.82 Å². The zero-order chi connectivity index (χ0) is 15.4. The molecule has 2 atom stereocenters. The molecule has 2 aromatic carbocycles. The average molecular weight is 298 g/mol. The minimum absolute atomic E-state index is 0.193. The topological polar surface area (TPSA) is 9.23 Å². The summed E-state index contributed by atoms with van der Waals surface area (Å²) in [6.45, 7) is 3.05. The molecule has 2 aromatic rings.